The first kappa shape index (κ1) is 16.1. The summed E-state index contributed by atoms with van der Waals surface area (Å²) in [6.07, 6.45) is 1.54. The van der Waals surface area contributed by atoms with Gasteiger partial charge < -0.3 is 14.3 Å². The second-order valence-corrected chi connectivity index (χ2v) is 6.58. The monoisotopic (exact) mass is 378 g/mol. The van der Waals surface area contributed by atoms with Crippen molar-refractivity contribution in [2.24, 2.45) is 0 Å². The molecular formula is C11H15BrN4O4S. The zero-order chi connectivity index (χ0) is 15.3. The maximum atomic E-state index is 12.2. The van der Waals surface area contributed by atoms with Crippen LogP contribution < -0.4 is 10.0 Å². The van der Waals surface area contributed by atoms with Gasteiger partial charge in [-0.05, 0) is 22.5 Å². The summed E-state index contributed by atoms with van der Waals surface area (Å²) in [4.78, 5) is 3.89. The van der Waals surface area contributed by atoms with Crippen molar-refractivity contribution >= 4 is 26.0 Å². The van der Waals surface area contributed by atoms with Crippen molar-refractivity contribution in [1.82, 2.24) is 20.2 Å². The molecule has 2 N–H and O–H groups in total. The minimum absolute atomic E-state index is 0.0727. The Morgan fingerprint density at radius 1 is 1.43 bits per heavy atom. The molecule has 0 fully saturated rings. The molecule has 2 heterocycles. The van der Waals surface area contributed by atoms with E-state index in [0.29, 0.717) is 24.6 Å². The molecule has 0 aliphatic rings. The number of rotatable bonds is 8. The van der Waals surface area contributed by atoms with E-state index < -0.39 is 10.0 Å². The fourth-order valence-electron chi connectivity index (χ4n) is 1.59. The average molecular weight is 379 g/mol. The molecule has 0 aromatic carbocycles. The first-order chi connectivity index (χ1) is 10.0. The summed E-state index contributed by atoms with van der Waals surface area (Å²) >= 11 is 3.12. The Morgan fingerprint density at radius 2 is 2.24 bits per heavy atom. The number of halogens is 1. The largest absolute Gasteiger partial charge is 0.452 e. The number of furan rings is 1. The molecule has 0 amide bonds. The predicted octanol–water partition coefficient (Wildman–Crippen LogP) is 1.06. The lowest BCUT2D eigenvalue weighted by molar-refractivity contribution is 0.409. The van der Waals surface area contributed by atoms with Crippen LogP contribution in [0.15, 0.2) is 31.0 Å². The lowest BCUT2D eigenvalue weighted by Gasteiger charge is -2.03. The van der Waals surface area contributed by atoms with Crippen molar-refractivity contribution in [3.8, 4) is 0 Å². The number of aromatic nitrogens is 2. The van der Waals surface area contributed by atoms with Crippen LogP contribution in [0, 0.1) is 0 Å². The Balaban J connectivity index is 1.99. The Hall–Kier alpha value is -1.23. The molecule has 0 aliphatic heterocycles. The van der Waals surface area contributed by atoms with Gasteiger partial charge in [0.25, 0.3) is 0 Å². The highest BCUT2D eigenvalue weighted by Gasteiger charge is 2.22. The summed E-state index contributed by atoms with van der Waals surface area (Å²) in [5.74, 6) is 0.985. The average Bonchev–Trinajstić information content (AvgIpc) is 3.06. The lowest BCUT2D eigenvalue weighted by atomic mass is 10.4. The van der Waals surface area contributed by atoms with Gasteiger partial charge in [0.1, 0.15) is 10.7 Å². The first-order valence-corrected chi connectivity index (χ1v) is 8.54. The van der Waals surface area contributed by atoms with Crippen LogP contribution in [0.1, 0.15) is 18.5 Å². The topological polar surface area (TPSA) is 110 Å². The van der Waals surface area contributed by atoms with Crippen LogP contribution in [-0.4, -0.2) is 31.6 Å². The molecule has 2 rings (SSSR count). The minimum atomic E-state index is -3.65. The lowest BCUT2D eigenvalue weighted by Crippen LogP contribution is -2.26. The number of hydrogen-bond donors (Lipinski definition) is 2. The standard InChI is InChI=1S/C11H15BrN4O4S/c1-2-13-6-8-5-9(11(12)20-8)21(17,18)15-4-3-10-14-7-19-16-10/h5,7,13,15H,2-4,6H2,1H3. The number of nitrogens with one attached hydrogen (secondary N) is 2. The molecule has 21 heavy (non-hydrogen) atoms. The summed E-state index contributed by atoms with van der Waals surface area (Å²) in [6, 6.07) is 1.49. The highest BCUT2D eigenvalue weighted by Crippen LogP contribution is 2.25. The maximum Gasteiger partial charge on any atom is 0.244 e. The Bertz CT molecular complexity index is 668. The van der Waals surface area contributed by atoms with E-state index in [1.165, 1.54) is 12.5 Å². The van der Waals surface area contributed by atoms with Gasteiger partial charge in [-0.2, -0.15) is 4.98 Å². The third-order valence-corrected chi connectivity index (χ3v) is 4.91. The van der Waals surface area contributed by atoms with E-state index in [4.69, 9.17) is 4.42 Å². The normalized spacial score (nSPS) is 11.9. The van der Waals surface area contributed by atoms with Gasteiger partial charge in [-0.3, -0.25) is 0 Å². The molecule has 0 radical (unpaired) electrons. The van der Waals surface area contributed by atoms with Gasteiger partial charge >= 0.3 is 0 Å². The van der Waals surface area contributed by atoms with Crippen molar-refractivity contribution < 1.29 is 17.4 Å². The Kier molecular flexibility index (Phi) is 5.51. The van der Waals surface area contributed by atoms with E-state index in [0.717, 1.165) is 6.54 Å². The molecule has 0 bridgehead atoms. The second-order valence-electron chi connectivity index (χ2n) is 4.13. The smallest absolute Gasteiger partial charge is 0.244 e. The summed E-state index contributed by atoms with van der Waals surface area (Å²) in [7, 11) is -3.65. The van der Waals surface area contributed by atoms with Crippen molar-refractivity contribution in [1.29, 1.82) is 0 Å². The second kappa shape index (κ2) is 7.16. The molecular weight excluding hydrogens is 364 g/mol. The zero-order valence-electron chi connectivity index (χ0n) is 11.3. The quantitative estimate of drug-likeness (QED) is 0.706. The number of sulfonamides is 1. The van der Waals surface area contributed by atoms with Crippen LogP contribution in [0.25, 0.3) is 0 Å². The van der Waals surface area contributed by atoms with Crippen LogP contribution in [0.5, 0.6) is 0 Å². The predicted molar refractivity (Wildman–Crippen MR) is 77.0 cm³/mol. The summed E-state index contributed by atoms with van der Waals surface area (Å²) in [5, 5.41) is 6.67. The summed E-state index contributed by atoms with van der Waals surface area (Å²) in [6.45, 7) is 3.36. The van der Waals surface area contributed by atoms with Crippen LogP contribution >= 0.6 is 15.9 Å². The molecule has 8 nitrogen and oxygen atoms in total. The van der Waals surface area contributed by atoms with Crippen LogP contribution in [-0.2, 0) is 23.0 Å². The molecule has 0 spiro atoms. The van der Waals surface area contributed by atoms with Crippen LogP contribution in [0.3, 0.4) is 0 Å². The Morgan fingerprint density at radius 3 is 2.90 bits per heavy atom. The van der Waals surface area contributed by atoms with Gasteiger partial charge in [-0.15, -0.1) is 0 Å². The molecule has 0 saturated carbocycles. The molecule has 0 saturated heterocycles. The Labute approximate surface area is 130 Å². The van der Waals surface area contributed by atoms with E-state index >= 15 is 0 Å². The van der Waals surface area contributed by atoms with E-state index in [-0.39, 0.29) is 16.1 Å². The van der Waals surface area contributed by atoms with Crippen LogP contribution in [0.4, 0.5) is 0 Å². The van der Waals surface area contributed by atoms with Crippen molar-refractivity contribution in [2.45, 2.75) is 24.8 Å². The highest BCUT2D eigenvalue weighted by atomic mass is 79.9. The molecule has 0 unspecified atom stereocenters. The maximum absolute atomic E-state index is 12.2. The number of hydrogen-bond acceptors (Lipinski definition) is 7. The summed E-state index contributed by atoms with van der Waals surface area (Å²) < 4.78 is 36.9. The molecule has 2 aromatic rings. The van der Waals surface area contributed by atoms with Crippen molar-refractivity contribution in [3.05, 3.63) is 28.7 Å². The van der Waals surface area contributed by atoms with Gasteiger partial charge in [-0.1, -0.05) is 12.1 Å². The van der Waals surface area contributed by atoms with E-state index in [1.54, 1.807) is 0 Å². The van der Waals surface area contributed by atoms with Gasteiger partial charge in [0.2, 0.25) is 16.4 Å². The minimum Gasteiger partial charge on any atom is -0.452 e. The van der Waals surface area contributed by atoms with E-state index in [1.807, 2.05) is 6.92 Å². The SMILES string of the molecule is CCNCc1cc(S(=O)(=O)NCCc2ncon2)c(Br)o1. The number of nitrogens with zero attached hydrogens (tertiary/aromatic N) is 2. The fourth-order valence-corrected chi connectivity index (χ4v) is 3.62. The third-order valence-electron chi connectivity index (χ3n) is 2.59. The molecule has 0 atom stereocenters. The highest BCUT2D eigenvalue weighted by molar-refractivity contribution is 9.10. The fraction of sp³-hybridized carbons (Fsp3) is 0.455. The molecule has 2 aromatic heterocycles. The van der Waals surface area contributed by atoms with Crippen molar-refractivity contribution in [2.75, 3.05) is 13.1 Å². The summed E-state index contributed by atoms with van der Waals surface area (Å²) in [5.41, 5.74) is 0. The van der Waals surface area contributed by atoms with E-state index in [9.17, 15) is 8.42 Å². The van der Waals surface area contributed by atoms with Gasteiger partial charge in [-0.25, -0.2) is 13.1 Å². The van der Waals surface area contributed by atoms with Crippen LogP contribution in [0.2, 0.25) is 0 Å². The molecule has 116 valence electrons. The first-order valence-electron chi connectivity index (χ1n) is 6.26. The zero-order valence-corrected chi connectivity index (χ0v) is 13.7. The molecule has 0 aliphatic carbocycles. The van der Waals surface area contributed by atoms with Gasteiger partial charge in [0.05, 0.1) is 6.54 Å². The van der Waals surface area contributed by atoms with Gasteiger partial charge in [0.15, 0.2) is 10.5 Å². The third kappa shape index (κ3) is 4.37. The van der Waals surface area contributed by atoms with E-state index in [2.05, 4.69) is 40.6 Å². The van der Waals surface area contributed by atoms with Crippen molar-refractivity contribution in [3.63, 3.8) is 0 Å². The van der Waals surface area contributed by atoms with Gasteiger partial charge in [0, 0.05) is 19.0 Å². The molecule has 10 heteroatoms.